The van der Waals surface area contributed by atoms with Gasteiger partial charge in [0.1, 0.15) is 6.04 Å². The molecule has 0 aliphatic carbocycles. The van der Waals surface area contributed by atoms with Gasteiger partial charge < -0.3 is 16.2 Å². The van der Waals surface area contributed by atoms with Crippen LogP contribution in [-0.2, 0) is 16.0 Å². The molecule has 2 rings (SSSR count). The summed E-state index contributed by atoms with van der Waals surface area (Å²) in [6.45, 7) is 0. The number of nitrogens with two attached hydrogens (primary N) is 1. The van der Waals surface area contributed by atoms with Gasteiger partial charge in [-0.25, -0.2) is 0 Å². The van der Waals surface area contributed by atoms with Crippen LogP contribution in [0, 0.1) is 0 Å². The molecular formula is C11H12N2O3. The molecule has 1 aliphatic heterocycles. The lowest BCUT2D eigenvalue weighted by Gasteiger charge is -2.21. The molecule has 1 heterocycles. The van der Waals surface area contributed by atoms with E-state index in [4.69, 9.17) is 10.8 Å². The molecule has 1 aromatic rings. The second-order valence-corrected chi connectivity index (χ2v) is 3.74. The van der Waals surface area contributed by atoms with Crippen LogP contribution in [0.1, 0.15) is 23.6 Å². The Morgan fingerprint density at radius 3 is 2.88 bits per heavy atom. The lowest BCUT2D eigenvalue weighted by Crippen LogP contribution is -2.26. The van der Waals surface area contributed by atoms with E-state index in [2.05, 4.69) is 5.32 Å². The van der Waals surface area contributed by atoms with Crippen molar-refractivity contribution in [1.82, 2.24) is 0 Å². The third-order valence-corrected chi connectivity index (χ3v) is 2.69. The van der Waals surface area contributed by atoms with Crippen molar-refractivity contribution in [2.45, 2.75) is 18.9 Å². The molecule has 0 spiro atoms. The summed E-state index contributed by atoms with van der Waals surface area (Å²) in [4.78, 5) is 22.0. The number of carboxylic acid groups (broad SMARTS) is 1. The predicted octanol–water partition coefficient (Wildman–Crippen LogP) is 0.656. The summed E-state index contributed by atoms with van der Waals surface area (Å²) in [6, 6.07) is 4.10. The van der Waals surface area contributed by atoms with Gasteiger partial charge >= 0.3 is 5.97 Å². The van der Waals surface area contributed by atoms with Crippen molar-refractivity contribution in [1.29, 1.82) is 0 Å². The average Bonchev–Trinajstić information content (AvgIpc) is 2.26. The number of nitrogens with one attached hydrogen (secondary N) is 1. The number of fused-ring (bicyclic) bond motifs is 1. The predicted molar refractivity (Wildman–Crippen MR) is 58.0 cm³/mol. The van der Waals surface area contributed by atoms with E-state index < -0.39 is 12.0 Å². The van der Waals surface area contributed by atoms with E-state index in [1.807, 2.05) is 0 Å². The minimum atomic E-state index is -1.06. The van der Waals surface area contributed by atoms with E-state index in [1.54, 1.807) is 18.2 Å². The summed E-state index contributed by atoms with van der Waals surface area (Å²) in [7, 11) is 0. The Labute approximate surface area is 92.3 Å². The second-order valence-electron chi connectivity index (χ2n) is 3.74. The molecule has 0 aromatic heterocycles. The number of hydrogen-bond acceptors (Lipinski definition) is 3. The van der Waals surface area contributed by atoms with Gasteiger partial charge in [0.05, 0.1) is 0 Å². The van der Waals surface area contributed by atoms with E-state index in [-0.39, 0.29) is 5.91 Å². The standard InChI is InChI=1S/C11H12N2O3/c12-10(11(15)16)7-2-1-3-8-6(7)4-5-9(14)13-8/h1-3,10H,4-5,12H2,(H,13,14)(H,15,16). The molecule has 16 heavy (non-hydrogen) atoms. The molecule has 0 radical (unpaired) electrons. The Morgan fingerprint density at radius 2 is 2.19 bits per heavy atom. The van der Waals surface area contributed by atoms with Gasteiger partial charge in [0.2, 0.25) is 5.91 Å². The number of rotatable bonds is 2. The lowest BCUT2D eigenvalue weighted by molar-refractivity contribution is -0.138. The van der Waals surface area contributed by atoms with E-state index >= 15 is 0 Å². The minimum Gasteiger partial charge on any atom is -0.480 e. The van der Waals surface area contributed by atoms with Gasteiger partial charge in [-0.3, -0.25) is 9.59 Å². The molecule has 1 aliphatic rings. The molecule has 1 atom stereocenters. The Morgan fingerprint density at radius 1 is 1.44 bits per heavy atom. The third kappa shape index (κ3) is 1.77. The first-order chi connectivity index (χ1) is 7.59. The highest BCUT2D eigenvalue weighted by Crippen LogP contribution is 2.28. The van der Waals surface area contributed by atoms with Gasteiger partial charge in [0.25, 0.3) is 0 Å². The highest BCUT2D eigenvalue weighted by Gasteiger charge is 2.23. The monoisotopic (exact) mass is 220 g/mol. The first kappa shape index (κ1) is 10.6. The van der Waals surface area contributed by atoms with Gasteiger partial charge in [-0.15, -0.1) is 0 Å². The van der Waals surface area contributed by atoms with Gasteiger partial charge in [0.15, 0.2) is 0 Å². The maximum Gasteiger partial charge on any atom is 0.325 e. The van der Waals surface area contributed by atoms with Crippen LogP contribution in [0.2, 0.25) is 0 Å². The molecule has 1 amide bonds. The van der Waals surface area contributed by atoms with Gasteiger partial charge in [-0.05, 0) is 23.6 Å². The number of hydrogen-bond donors (Lipinski definition) is 3. The summed E-state index contributed by atoms with van der Waals surface area (Å²) in [5.41, 5.74) is 7.66. The Balaban J connectivity index is 2.44. The number of anilines is 1. The highest BCUT2D eigenvalue weighted by atomic mass is 16.4. The van der Waals surface area contributed by atoms with Crippen LogP contribution >= 0.6 is 0 Å². The van der Waals surface area contributed by atoms with E-state index in [1.165, 1.54) is 0 Å². The van der Waals surface area contributed by atoms with Crippen molar-refractivity contribution < 1.29 is 14.7 Å². The van der Waals surface area contributed by atoms with Crippen molar-refractivity contribution in [3.8, 4) is 0 Å². The smallest absolute Gasteiger partial charge is 0.325 e. The molecule has 1 unspecified atom stereocenters. The molecule has 84 valence electrons. The van der Waals surface area contributed by atoms with Crippen molar-refractivity contribution >= 4 is 17.6 Å². The van der Waals surface area contributed by atoms with Gasteiger partial charge in [-0.1, -0.05) is 12.1 Å². The van der Waals surface area contributed by atoms with Crippen LogP contribution in [-0.4, -0.2) is 17.0 Å². The lowest BCUT2D eigenvalue weighted by atomic mass is 9.93. The van der Waals surface area contributed by atoms with Crippen molar-refractivity contribution in [2.75, 3.05) is 5.32 Å². The van der Waals surface area contributed by atoms with Crippen molar-refractivity contribution in [3.63, 3.8) is 0 Å². The zero-order valence-corrected chi connectivity index (χ0v) is 8.56. The summed E-state index contributed by atoms with van der Waals surface area (Å²) >= 11 is 0. The van der Waals surface area contributed by atoms with Crippen LogP contribution in [0.25, 0.3) is 0 Å². The fourth-order valence-corrected chi connectivity index (χ4v) is 1.88. The molecule has 0 saturated carbocycles. The zero-order chi connectivity index (χ0) is 11.7. The number of amides is 1. The average molecular weight is 220 g/mol. The van der Waals surface area contributed by atoms with Crippen LogP contribution < -0.4 is 11.1 Å². The molecule has 5 heteroatoms. The summed E-state index contributed by atoms with van der Waals surface area (Å²) in [6.07, 6.45) is 0.911. The molecule has 0 saturated heterocycles. The zero-order valence-electron chi connectivity index (χ0n) is 8.56. The fourth-order valence-electron chi connectivity index (χ4n) is 1.88. The molecule has 5 nitrogen and oxygen atoms in total. The molecule has 0 bridgehead atoms. The summed E-state index contributed by atoms with van der Waals surface area (Å²) < 4.78 is 0. The van der Waals surface area contributed by atoms with E-state index in [0.717, 1.165) is 5.56 Å². The maximum absolute atomic E-state index is 11.2. The maximum atomic E-state index is 11.2. The topological polar surface area (TPSA) is 92.4 Å². The summed E-state index contributed by atoms with van der Waals surface area (Å²) in [5, 5.41) is 11.6. The SMILES string of the molecule is NC(C(=O)O)c1cccc2c1CCC(=O)N2. The highest BCUT2D eigenvalue weighted by molar-refractivity contribution is 5.94. The fraction of sp³-hybridized carbons (Fsp3) is 0.273. The first-order valence-corrected chi connectivity index (χ1v) is 4.99. The second kappa shape index (κ2) is 3.94. The van der Waals surface area contributed by atoms with E-state index in [9.17, 15) is 9.59 Å². The number of carboxylic acids is 1. The number of carbonyl (C=O) groups excluding carboxylic acids is 1. The van der Waals surface area contributed by atoms with Crippen LogP contribution in [0.3, 0.4) is 0 Å². The number of carbonyl (C=O) groups is 2. The first-order valence-electron chi connectivity index (χ1n) is 4.99. The van der Waals surface area contributed by atoms with Gasteiger partial charge in [0, 0.05) is 12.1 Å². The normalized spacial score (nSPS) is 16.2. The Hall–Kier alpha value is -1.88. The molecule has 0 fully saturated rings. The number of aliphatic carboxylic acids is 1. The third-order valence-electron chi connectivity index (χ3n) is 2.69. The van der Waals surface area contributed by atoms with Crippen molar-refractivity contribution in [2.24, 2.45) is 5.73 Å². The molecular weight excluding hydrogens is 208 g/mol. The summed E-state index contributed by atoms with van der Waals surface area (Å²) in [5.74, 6) is -1.11. The quantitative estimate of drug-likeness (QED) is 0.682. The molecule has 1 aromatic carbocycles. The Bertz CT molecular complexity index is 457. The van der Waals surface area contributed by atoms with Crippen LogP contribution in [0.4, 0.5) is 5.69 Å². The molecule has 4 N–H and O–H groups in total. The van der Waals surface area contributed by atoms with Gasteiger partial charge in [-0.2, -0.15) is 0 Å². The minimum absolute atomic E-state index is 0.0476. The van der Waals surface area contributed by atoms with Crippen LogP contribution in [0.5, 0.6) is 0 Å². The number of benzene rings is 1. The van der Waals surface area contributed by atoms with Crippen molar-refractivity contribution in [3.05, 3.63) is 29.3 Å². The Kier molecular flexibility index (Phi) is 2.62. The van der Waals surface area contributed by atoms with Crippen LogP contribution in [0.15, 0.2) is 18.2 Å². The van der Waals surface area contributed by atoms with E-state index in [0.29, 0.717) is 24.1 Å². The largest absolute Gasteiger partial charge is 0.480 e.